The van der Waals surface area contributed by atoms with Gasteiger partial charge < -0.3 is 5.32 Å². The molecule has 5 nitrogen and oxygen atoms in total. The monoisotopic (exact) mass is 413 g/mol. The Labute approximate surface area is 168 Å². The highest BCUT2D eigenvalue weighted by Gasteiger charge is 2.36. The van der Waals surface area contributed by atoms with Crippen molar-refractivity contribution in [3.63, 3.8) is 0 Å². The van der Waals surface area contributed by atoms with Crippen LogP contribution in [0.3, 0.4) is 0 Å². The van der Waals surface area contributed by atoms with Gasteiger partial charge in [0.25, 0.3) is 0 Å². The van der Waals surface area contributed by atoms with Crippen LogP contribution in [0.1, 0.15) is 11.4 Å². The van der Waals surface area contributed by atoms with Crippen molar-refractivity contribution in [3.8, 4) is 17.2 Å². The van der Waals surface area contributed by atoms with Crippen LogP contribution >= 0.6 is 11.6 Å². The van der Waals surface area contributed by atoms with Gasteiger partial charge in [0.1, 0.15) is 6.07 Å². The molecular formula is C20H11ClF3N5. The van der Waals surface area contributed by atoms with E-state index in [9.17, 15) is 18.4 Å². The summed E-state index contributed by atoms with van der Waals surface area (Å²) in [5, 5.41) is 19.6. The molecule has 0 aliphatic carbocycles. The Bertz CT molecular complexity index is 1240. The van der Waals surface area contributed by atoms with Crippen molar-refractivity contribution in [1.29, 1.82) is 5.26 Å². The number of pyridine rings is 1. The number of alkyl halides is 3. The number of hydrogen-bond acceptors (Lipinski definition) is 4. The average Bonchev–Trinajstić information content (AvgIpc) is 3.13. The van der Waals surface area contributed by atoms with Crippen molar-refractivity contribution in [2.75, 3.05) is 5.32 Å². The fraction of sp³-hybridized carbons (Fsp3) is 0.0500. The number of nitrogens with zero attached hydrogens (tertiary/aromatic N) is 4. The molecule has 144 valence electrons. The lowest BCUT2D eigenvalue weighted by atomic mass is 10.1. The summed E-state index contributed by atoms with van der Waals surface area (Å²) in [5.74, 6) is -1.07. The average molecular weight is 414 g/mol. The largest absolute Gasteiger partial charge is 0.452 e. The van der Waals surface area contributed by atoms with Gasteiger partial charge in [0.15, 0.2) is 5.65 Å². The second-order valence-electron chi connectivity index (χ2n) is 6.17. The summed E-state index contributed by atoms with van der Waals surface area (Å²) in [5.41, 5.74) is 3.14. The minimum Gasteiger partial charge on any atom is -0.354 e. The first-order valence-corrected chi connectivity index (χ1v) is 8.72. The van der Waals surface area contributed by atoms with E-state index in [0.29, 0.717) is 27.5 Å². The Hall–Kier alpha value is -3.57. The maximum Gasteiger partial charge on any atom is 0.452 e. The Morgan fingerprint density at radius 3 is 2.38 bits per heavy atom. The number of benzene rings is 2. The van der Waals surface area contributed by atoms with Gasteiger partial charge in [0.05, 0.1) is 11.3 Å². The van der Waals surface area contributed by atoms with E-state index in [2.05, 4.69) is 21.6 Å². The van der Waals surface area contributed by atoms with Crippen LogP contribution in [0, 0.1) is 11.3 Å². The number of fused-ring (bicyclic) bond motifs is 1. The van der Waals surface area contributed by atoms with E-state index in [-0.39, 0.29) is 5.65 Å². The summed E-state index contributed by atoms with van der Waals surface area (Å²) in [4.78, 5) is 0. The molecule has 0 bridgehead atoms. The van der Waals surface area contributed by atoms with Gasteiger partial charge >= 0.3 is 6.18 Å². The standard InChI is InChI=1S/C20H11ClF3N5/c21-15-4-7-17(14(9-15)10-25)26-16-5-1-12(2-6-16)13-3-8-18-27-28-19(20(22,23)24)29(18)11-13/h1-9,11,26H. The summed E-state index contributed by atoms with van der Waals surface area (Å²) in [6.45, 7) is 0. The Balaban J connectivity index is 1.64. The van der Waals surface area contributed by atoms with Gasteiger partial charge in [-0.1, -0.05) is 23.7 Å². The van der Waals surface area contributed by atoms with Crippen LogP contribution in [0.4, 0.5) is 24.5 Å². The van der Waals surface area contributed by atoms with Crippen LogP contribution in [0.5, 0.6) is 0 Å². The summed E-state index contributed by atoms with van der Waals surface area (Å²) >= 11 is 5.90. The van der Waals surface area contributed by atoms with Gasteiger partial charge in [-0.15, -0.1) is 10.2 Å². The van der Waals surface area contributed by atoms with E-state index in [0.717, 1.165) is 9.96 Å². The van der Waals surface area contributed by atoms with Gasteiger partial charge in [-0.2, -0.15) is 18.4 Å². The molecule has 2 aromatic heterocycles. The first-order valence-electron chi connectivity index (χ1n) is 8.34. The van der Waals surface area contributed by atoms with E-state index in [4.69, 9.17) is 11.6 Å². The lowest BCUT2D eigenvalue weighted by Gasteiger charge is -2.10. The van der Waals surface area contributed by atoms with E-state index in [1.54, 1.807) is 48.5 Å². The van der Waals surface area contributed by atoms with Crippen molar-refractivity contribution < 1.29 is 13.2 Å². The molecule has 0 amide bonds. The van der Waals surface area contributed by atoms with Crippen molar-refractivity contribution in [2.45, 2.75) is 6.18 Å². The SMILES string of the molecule is N#Cc1cc(Cl)ccc1Nc1ccc(-c2ccc3nnc(C(F)(F)F)n3c2)cc1. The number of halogens is 4. The number of hydrogen-bond donors (Lipinski definition) is 1. The maximum absolute atomic E-state index is 13.1. The molecule has 0 atom stereocenters. The van der Waals surface area contributed by atoms with Crippen molar-refractivity contribution in [1.82, 2.24) is 14.6 Å². The number of nitrogens with one attached hydrogen (secondary N) is 1. The molecule has 0 saturated heterocycles. The van der Waals surface area contributed by atoms with Crippen molar-refractivity contribution in [3.05, 3.63) is 77.2 Å². The number of nitriles is 1. The number of anilines is 2. The summed E-state index contributed by atoms with van der Waals surface area (Å²) in [7, 11) is 0. The van der Waals surface area contributed by atoms with Gasteiger partial charge in [-0.05, 0) is 53.6 Å². The predicted octanol–water partition coefficient (Wildman–Crippen LogP) is 5.68. The number of aromatic nitrogens is 3. The third-order valence-electron chi connectivity index (χ3n) is 4.26. The fourth-order valence-electron chi connectivity index (χ4n) is 2.87. The van der Waals surface area contributed by atoms with E-state index >= 15 is 0 Å². The fourth-order valence-corrected chi connectivity index (χ4v) is 3.05. The molecule has 0 radical (unpaired) electrons. The quantitative estimate of drug-likeness (QED) is 0.469. The second-order valence-corrected chi connectivity index (χ2v) is 6.61. The van der Waals surface area contributed by atoms with Crippen LogP contribution in [0.25, 0.3) is 16.8 Å². The van der Waals surface area contributed by atoms with E-state index < -0.39 is 12.0 Å². The molecule has 2 heterocycles. The Morgan fingerprint density at radius 2 is 1.69 bits per heavy atom. The molecular weight excluding hydrogens is 403 g/mol. The molecule has 1 N–H and O–H groups in total. The van der Waals surface area contributed by atoms with Crippen molar-refractivity contribution >= 4 is 28.6 Å². The van der Waals surface area contributed by atoms with Crippen LogP contribution in [-0.2, 0) is 6.18 Å². The first-order chi connectivity index (χ1) is 13.8. The highest BCUT2D eigenvalue weighted by molar-refractivity contribution is 6.30. The first kappa shape index (κ1) is 18.8. The van der Waals surface area contributed by atoms with Gasteiger partial charge in [0, 0.05) is 16.9 Å². The molecule has 4 aromatic rings. The molecule has 4 rings (SSSR count). The summed E-state index contributed by atoms with van der Waals surface area (Å²) < 4.78 is 40.1. The van der Waals surface area contributed by atoms with E-state index in [1.165, 1.54) is 12.3 Å². The topological polar surface area (TPSA) is 66.0 Å². The van der Waals surface area contributed by atoms with Crippen LogP contribution in [0.2, 0.25) is 5.02 Å². The van der Waals surface area contributed by atoms with Gasteiger partial charge in [-0.25, -0.2) is 0 Å². The van der Waals surface area contributed by atoms with Gasteiger partial charge in [-0.3, -0.25) is 4.40 Å². The Kier molecular flexibility index (Phi) is 4.60. The van der Waals surface area contributed by atoms with Gasteiger partial charge in [0.2, 0.25) is 5.82 Å². The molecule has 0 spiro atoms. The smallest absolute Gasteiger partial charge is 0.354 e. The third kappa shape index (κ3) is 3.73. The lowest BCUT2D eigenvalue weighted by molar-refractivity contribution is -0.145. The minimum atomic E-state index is -4.59. The molecule has 2 aromatic carbocycles. The maximum atomic E-state index is 13.1. The summed E-state index contributed by atoms with van der Waals surface area (Å²) in [6.07, 6.45) is -3.24. The summed E-state index contributed by atoms with van der Waals surface area (Å²) in [6, 6.07) is 17.2. The zero-order chi connectivity index (χ0) is 20.6. The highest BCUT2D eigenvalue weighted by Crippen LogP contribution is 2.30. The molecule has 0 aliphatic heterocycles. The molecule has 0 saturated carbocycles. The molecule has 9 heteroatoms. The number of rotatable bonds is 3. The van der Waals surface area contributed by atoms with E-state index in [1.807, 2.05) is 0 Å². The minimum absolute atomic E-state index is 0.117. The van der Waals surface area contributed by atoms with Crippen molar-refractivity contribution in [2.24, 2.45) is 0 Å². The third-order valence-corrected chi connectivity index (χ3v) is 4.49. The molecule has 0 fully saturated rings. The van der Waals surface area contributed by atoms with Crippen LogP contribution in [0.15, 0.2) is 60.8 Å². The Morgan fingerprint density at radius 1 is 0.966 bits per heavy atom. The molecule has 0 aliphatic rings. The molecule has 29 heavy (non-hydrogen) atoms. The zero-order valence-electron chi connectivity index (χ0n) is 14.6. The predicted molar refractivity (Wildman–Crippen MR) is 103 cm³/mol. The lowest BCUT2D eigenvalue weighted by Crippen LogP contribution is -2.10. The highest BCUT2D eigenvalue weighted by atomic mass is 35.5. The normalized spacial score (nSPS) is 11.4. The van der Waals surface area contributed by atoms with Crippen LogP contribution < -0.4 is 5.32 Å². The zero-order valence-corrected chi connectivity index (χ0v) is 15.3. The van der Waals surface area contributed by atoms with Crippen LogP contribution in [-0.4, -0.2) is 14.6 Å². The second kappa shape index (κ2) is 7.11. The molecule has 0 unspecified atom stereocenters.